The van der Waals surface area contributed by atoms with E-state index in [0.717, 1.165) is 24.7 Å². The Balaban J connectivity index is 1.60. The molecule has 2 fully saturated rings. The Labute approximate surface area is 138 Å². The number of nitrogens with zero attached hydrogens (tertiary/aromatic N) is 5. The summed E-state index contributed by atoms with van der Waals surface area (Å²) in [7, 11) is -3.08. The van der Waals surface area contributed by atoms with Gasteiger partial charge in [0.2, 0.25) is 10.0 Å². The van der Waals surface area contributed by atoms with Gasteiger partial charge in [-0.2, -0.15) is 4.31 Å². The first-order valence-electron chi connectivity index (χ1n) is 8.41. The van der Waals surface area contributed by atoms with Crippen molar-refractivity contribution in [2.24, 2.45) is 0 Å². The van der Waals surface area contributed by atoms with Crippen LogP contribution in [0.3, 0.4) is 0 Å². The van der Waals surface area contributed by atoms with E-state index in [1.807, 2.05) is 12.1 Å². The van der Waals surface area contributed by atoms with Gasteiger partial charge in [-0.05, 0) is 38.3 Å². The largest absolute Gasteiger partial charge is 0.355 e. The molecule has 0 amide bonds. The number of sulfonamides is 1. The van der Waals surface area contributed by atoms with Crippen molar-refractivity contribution in [3.05, 3.63) is 12.1 Å². The summed E-state index contributed by atoms with van der Waals surface area (Å²) in [6.45, 7) is 6.17. The van der Waals surface area contributed by atoms with Crippen LogP contribution < -0.4 is 9.80 Å². The molecule has 0 atom stereocenters. The Morgan fingerprint density at radius 2 is 1.39 bits per heavy atom. The molecule has 0 saturated carbocycles. The fourth-order valence-corrected chi connectivity index (χ4v) is 4.24. The van der Waals surface area contributed by atoms with Crippen LogP contribution in [0.1, 0.15) is 26.2 Å². The minimum absolute atomic E-state index is 0.164. The summed E-state index contributed by atoms with van der Waals surface area (Å²) < 4.78 is 25.4. The summed E-state index contributed by atoms with van der Waals surface area (Å²) in [5, 5.41) is 8.72. The van der Waals surface area contributed by atoms with E-state index in [4.69, 9.17) is 0 Å². The summed E-state index contributed by atoms with van der Waals surface area (Å²) in [6.07, 6.45) is 3.74. The quantitative estimate of drug-likeness (QED) is 0.813. The van der Waals surface area contributed by atoms with Crippen LogP contribution in [0.2, 0.25) is 0 Å². The minimum Gasteiger partial charge on any atom is -0.355 e. The zero-order valence-corrected chi connectivity index (χ0v) is 14.5. The second-order valence-corrected chi connectivity index (χ2v) is 8.34. The van der Waals surface area contributed by atoms with Crippen LogP contribution >= 0.6 is 0 Å². The molecule has 0 aliphatic carbocycles. The van der Waals surface area contributed by atoms with Crippen LogP contribution in [0, 0.1) is 0 Å². The highest BCUT2D eigenvalue weighted by Crippen LogP contribution is 2.20. The summed E-state index contributed by atoms with van der Waals surface area (Å²) in [5.74, 6) is 1.94. The number of hydrogen-bond donors (Lipinski definition) is 0. The van der Waals surface area contributed by atoms with E-state index in [1.165, 1.54) is 19.3 Å². The molecule has 0 aromatic carbocycles. The summed E-state index contributed by atoms with van der Waals surface area (Å²) in [6, 6.07) is 4.03. The highest BCUT2D eigenvalue weighted by Gasteiger charge is 2.26. The predicted octanol–water partition coefficient (Wildman–Crippen LogP) is 0.939. The van der Waals surface area contributed by atoms with Crippen LogP contribution in [-0.4, -0.2) is 67.9 Å². The van der Waals surface area contributed by atoms with Crippen molar-refractivity contribution < 1.29 is 8.42 Å². The lowest BCUT2D eigenvalue weighted by Crippen LogP contribution is -2.49. The van der Waals surface area contributed by atoms with Gasteiger partial charge in [-0.15, -0.1) is 10.2 Å². The lowest BCUT2D eigenvalue weighted by atomic mass is 10.1. The fourth-order valence-electron chi connectivity index (χ4n) is 3.16. The molecule has 8 heteroatoms. The summed E-state index contributed by atoms with van der Waals surface area (Å²) >= 11 is 0. The molecule has 0 radical (unpaired) electrons. The summed E-state index contributed by atoms with van der Waals surface area (Å²) in [5.41, 5.74) is 0. The van der Waals surface area contributed by atoms with Crippen molar-refractivity contribution in [1.82, 2.24) is 14.5 Å². The maximum Gasteiger partial charge on any atom is 0.213 e. The molecule has 1 aromatic rings. The average Bonchev–Trinajstić information content (AvgIpc) is 2.63. The van der Waals surface area contributed by atoms with E-state index in [2.05, 4.69) is 20.0 Å². The Hall–Kier alpha value is -1.41. The third kappa shape index (κ3) is 3.74. The Morgan fingerprint density at radius 3 is 1.87 bits per heavy atom. The topological polar surface area (TPSA) is 69.6 Å². The third-order valence-corrected chi connectivity index (χ3v) is 6.52. The fraction of sp³-hybridized carbons (Fsp3) is 0.733. The molecule has 3 rings (SSSR count). The van der Waals surface area contributed by atoms with Gasteiger partial charge in [0, 0.05) is 39.3 Å². The van der Waals surface area contributed by atoms with E-state index in [0.29, 0.717) is 26.2 Å². The van der Waals surface area contributed by atoms with E-state index in [1.54, 1.807) is 11.2 Å². The number of anilines is 2. The van der Waals surface area contributed by atoms with Gasteiger partial charge in [-0.3, -0.25) is 0 Å². The maximum absolute atomic E-state index is 11.9. The summed E-state index contributed by atoms with van der Waals surface area (Å²) in [4.78, 5) is 4.39. The number of hydrogen-bond acceptors (Lipinski definition) is 6. The molecule has 1 aromatic heterocycles. The Morgan fingerprint density at radius 1 is 0.870 bits per heavy atom. The van der Waals surface area contributed by atoms with E-state index >= 15 is 0 Å². The molecule has 0 unspecified atom stereocenters. The van der Waals surface area contributed by atoms with Crippen LogP contribution in [0.25, 0.3) is 0 Å². The average molecular weight is 339 g/mol. The van der Waals surface area contributed by atoms with Crippen molar-refractivity contribution in [3.63, 3.8) is 0 Å². The molecular weight excluding hydrogens is 314 g/mol. The first-order chi connectivity index (χ1) is 11.1. The monoisotopic (exact) mass is 339 g/mol. The molecule has 0 N–H and O–H groups in total. The van der Waals surface area contributed by atoms with Gasteiger partial charge < -0.3 is 9.80 Å². The normalized spacial score (nSPS) is 20.7. The van der Waals surface area contributed by atoms with Crippen LogP contribution in [-0.2, 0) is 10.0 Å². The molecule has 2 saturated heterocycles. The molecule has 128 valence electrons. The molecule has 7 nitrogen and oxygen atoms in total. The second kappa shape index (κ2) is 7.00. The lowest BCUT2D eigenvalue weighted by Gasteiger charge is -2.34. The molecule has 2 aliphatic rings. The van der Waals surface area contributed by atoms with Crippen LogP contribution in [0.4, 0.5) is 11.6 Å². The second-order valence-electron chi connectivity index (χ2n) is 6.08. The van der Waals surface area contributed by atoms with Crippen molar-refractivity contribution in [2.75, 3.05) is 54.8 Å². The van der Waals surface area contributed by atoms with Gasteiger partial charge in [0.15, 0.2) is 11.6 Å². The first-order valence-corrected chi connectivity index (χ1v) is 10.0. The predicted molar refractivity (Wildman–Crippen MR) is 91.3 cm³/mol. The molecule has 0 spiro atoms. The zero-order valence-electron chi connectivity index (χ0n) is 13.7. The minimum atomic E-state index is -3.08. The van der Waals surface area contributed by atoms with Gasteiger partial charge >= 0.3 is 0 Å². The number of piperidine rings is 1. The molecule has 0 bridgehead atoms. The van der Waals surface area contributed by atoms with Crippen molar-refractivity contribution in [2.45, 2.75) is 26.2 Å². The van der Waals surface area contributed by atoms with Gasteiger partial charge in [0.1, 0.15) is 0 Å². The number of aromatic nitrogens is 2. The molecule has 3 heterocycles. The number of rotatable bonds is 4. The van der Waals surface area contributed by atoms with Gasteiger partial charge in [-0.25, -0.2) is 8.42 Å². The zero-order chi connectivity index (χ0) is 16.3. The highest BCUT2D eigenvalue weighted by atomic mass is 32.2. The van der Waals surface area contributed by atoms with Gasteiger partial charge in [-0.1, -0.05) is 0 Å². The smallest absolute Gasteiger partial charge is 0.213 e. The molecule has 23 heavy (non-hydrogen) atoms. The SMILES string of the molecule is CCS(=O)(=O)N1CCN(c2ccc(N3CCCCC3)nn2)CC1. The van der Waals surface area contributed by atoms with E-state index < -0.39 is 10.0 Å². The highest BCUT2D eigenvalue weighted by molar-refractivity contribution is 7.89. The third-order valence-electron chi connectivity index (χ3n) is 4.64. The standard InChI is InChI=1S/C15H25N5O2S/c1-2-23(21,22)20-12-10-19(11-13-20)15-7-6-14(16-17-15)18-8-4-3-5-9-18/h6-7H,2-5,8-13H2,1H3. The van der Waals surface area contributed by atoms with Crippen molar-refractivity contribution >= 4 is 21.7 Å². The Kier molecular flexibility index (Phi) is 5.01. The Bertz CT molecular complexity index is 605. The first kappa shape index (κ1) is 16.4. The van der Waals surface area contributed by atoms with Gasteiger partial charge in [0.05, 0.1) is 5.75 Å². The maximum atomic E-state index is 11.9. The van der Waals surface area contributed by atoms with E-state index in [-0.39, 0.29) is 5.75 Å². The van der Waals surface area contributed by atoms with Crippen molar-refractivity contribution in [1.29, 1.82) is 0 Å². The lowest BCUT2D eigenvalue weighted by molar-refractivity contribution is 0.384. The molecule has 2 aliphatic heterocycles. The molecular formula is C15H25N5O2S. The van der Waals surface area contributed by atoms with Gasteiger partial charge in [0.25, 0.3) is 0 Å². The van der Waals surface area contributed by atoms with Crippen LogP contribution in [0.5, 0.6) is 0 Å². The number of piperazine rings is 1. The van der Waals surface area contributed by atoms with Crippen molar-refractivity contribution in [3.8, 4) is 0 Å². The van der Waals surface area contributed by atoms with E-state index in [9.17, 15) is 8.42 Å². The van der Waals surface area contributed by atoms with Crippen LogP contribution in [0.15, 0.2) is 12.1 Å².